The van der Waals surface area contributed by atoms with Gasteiger partial charge in [-0.25, -0.2) is 0 Å². The quantitative estimate of drug-likeness (QED) is 0.730. The summed E-state index contributed by atoms with van der Waals surface area (Å²) in [6, 6.07) is 0.282. The van der Waals surface area contributed by atoms with E-state index in [0.717, 1.165) is 18.5 Å². The largest absolute Gasteiger partial charge is 0.328 e. The Morgan fingerprint density at radius 3 is 2.75 bits per heavy atom. The highest BCUT2D eigenvalue weighted by atomic mass is 15.2. The Balaban J connectivity index is 2.57. The van der Waals surface area contributed by atoms with Crippen LogP contribution in [0.2, 0.25) is 0 Å². The van der Waals surface area contributed by atoms with Gasteiger partial charge in [0.25, 0.3) is 0 Å². The van der Waals surface area contributed by atoms with Crippen LogP contribution in [0.25, 0.3) is 0 Å². The molecule has 0 amide bonds. The molecule has 0 aliphatic carbocycles. The third kappa shape index (κ3) is 2.34. The van der Waals surface area contributed by atoms with E-state index in [0.29, 0.717) is 0 Å². The lowest BCUT2D eigenvalue weighted by Gasteiger charge is -2.02. The SMILES string of the molecule is Cc1nn(C)cc1CCC(C)N. The van der Waals surface area contributed by atoms with Gasteiger partial charge in [-0.3, -0.25) is 4.68 Å². The summed E-state index contributed by atoms with van der Waals surface area (Å²) in [6.07, 6.45) is 4.14. The molecule has 0 saturated heterocycles. The lowest BCUT2D eigenvalue weighted by atomic mass is 10.1. The molecule has 1 heterocycles. The lowest BCUT2D eigenvalue weighted by molar-refractivity contribution is 0.664. The number of hydrogen-bond donors (Lipinski definition) is 1. The minimum Gasteiger partial charge on any atom is -0.328 e. The van der Waals surface area contributed by atoms with Crippen molar-refractivity contribution in [2.75, 3.05) is 0 Å². The average Bonchev–Trinajstić information content (AvgIpc) is 2.26. The standard InChI is InChI=1S/C9H17N3/c1-7(10)4-5-9-6-12(3)11-8(9)2/h6-7H,4-5,10H2,1-3H3. The maximum Gasteiger partial charge on any atom is 0.0625 e. The zero-order valence-electron chi connectivity index (χ0n) is 8.04. The summed E-state index contributed by atoms with van der Waals surface area (Å²) in [5.41, 5.74) is 8.11. The van der Waals surface area contributed by atoms with Gasteiger partial charge in [-0.2, -0.15) is 5.10 Å². The Labute approximate surface area is 73.6 Å². The van der Waals surface area contributed by atoms with Gasteiger partial charge in [-0.1, -0.05) is 0 Å². The summed E-state index contributed by atoms with van der Waals surface area (Å²) in [6.45, 7) is 4.07. The van der Waals surface area contributed by atoms with E-state index in [4.69, 9.17) is 5.73 Å². The van der Waals surface area contributed by atoms with Crippen LogP contribution in [0.5, 0.6) is 0 Å². The van der Waals surface area contributed by atoms with Crippen molar-refractivity contribution in [2.45, 2.75) is 32.7 Å². The highest BCUT2D eigenvalue weighted by molar-refractivity contribution is 5.15. The number of aromatic nitrogens is 2. The van der Waals surface area contributed by atoms with Crippen LogP contribution in [0.1, 0.15) is 24.6 Å². The maximum absolute atomic E-state index is 5.67. The Hall–Kier alpha value is -0.830. The molecule has 0 aliphatic heterocycles. The Morgan fingerprint density at radius 1 is 1.67 bits per heavy atom. The van der Waals surface area contributed by atoms with Crippen molar-refractivity contribution >= 4 is 0 Å². The van der Waals surface area contributed by atoms with Crippen molar-refractivity contribution in [3.8, 4) is 0 Å². The number of nitrogens with two attached hydrogens (primary N) is 1. The molecule has 0 aromatic carbocycles. The van der Waals surface area contributed by atoms with Gasteiger partial charge < -0.3 is 5.73 Å². The lowest BCUT2D eigenvalue weighted by Crippen LogP contribution is -2.15. The minimum atomic E-state index is 0.282. The summed E-state index contributed by atoms with van der Waals surface area (Å²) in [5.74, 6) is 0. The molecule has 3 heteroatoms. The van der Waals surface area contributed by atoms with Crippen LogP contribution in [0.4, 0.5) is 0 Å². The molecule has 0 fully saturated rings. The molecule has 3 nitrogen and oxygen atoms in total. The first-order chi connectivity index (χ1) is 5.59. The molecule has 68 valence electrons. The van der Waals surface area contributed by atoms with E-state index in [1.807, 2.05) is 25.6 Å². The highest BCUT2D eigenvalue weighted by Gasteiger charge is 2.03. The van der Waals surface area contributed by atoms with E-state index in [1.54, 1.807) is 0 Å². The first kappa shape index (κ1) is 9.26. The van der Waals surface area contributed by atoms with E-state index in [-0.39, 0.29) is 6.04 Å². The van der Waals surface area contributed by atoms with Gasteiger partial charge in [0.15, 0.2) is 0 Å². The zero-order valence-corrected chi connectivity index (χ0v) is 8.04. The summed E-state index contributed by atoms with van der Waals surface area (Å²) in [7, 11) is 1.95. The third-order valence-electron chi connectivity index (χ3n) is 1.98. The van der Waals surface area contributed by atoms with Crippen LogP contribution < -0.4 is 5.73 Å². The molecule has 0 radical (unpaired) electrons. The molecule has 12 heavy (non-hydrogen) atoms. The smallest absolute Gasteiger partial charge is 0.0625 e. The Bertz CT molecular complexity index is 250. The molecule has 0 spiro atoms. The first-order valence-electron chi connectivity index (χ1n) is 4.34. The van der Waals surface area contributed by atoms with Crippen molar-refractivity contribution in [1.82, 2.24) is 9.78 Å². The van der Waals surface area contributed by atoms with Crippen LogP contribution in [0.15, 0.2) is 6.20 Å². The van der Waals surface area contributed by atoms with Crippen LogP contribution in [0.3, 0.4) is 0 Å². The predicted octanol–water partition coefficient (Wildman–Crippen LogP) is 1.01. The highest BCUT2D eigenvalue weighted by Crippen LogP contribution is 2.08. The fraction of sp³-hybridized carbons (Fsp3) is 0.667. The zero-order chi connectivity index (χ0) is 9.14. The molecule has 1 rings (SSSR count). The van der Waals surface area contributed by atoms with Crippen LogP contribution in [-0.4, -0.2) is 15.8 Å². The molecule has 1 aromatic rings. The van der Waals surface area contributed by atoms with Gasteiger partial charge in [-0.05, 0) is 32.3 Å². The first-order valence-corrected chi connectivity index (χ1v) is 4.34. The molecule has 0 saturated carbocycles. The van der Waals surface area contributed by atoms with Crippen LogP contribution in [-0.2, 0) is 13.5 Å². The number of nitrogens with zero attached hydrogens (tertiary/aromatic N) is 2. The van der Waals surface area contributed by atoms with E-state index < -0.39 is 0 Å². The third-order valence-corrected chi connectivity index (χ3v) is 1.98. The van der Waals surface area contributed by atoms with Crippen molar-refractivity contribution in [1.29, 1.82) is 0 Å². The fourth-order valence-corrected chi connectivity index (χ4v) is 1.28. The van der Waals surface area contributed by atoms with Gasteiger partial charge in [0.1, 0.15) is 0 Å². The van der Waals surface area contributed by atoms with E-state index in [1.165, 1.54) is 5.56 Å². The monoisotopic (exact) mass is 167 g/mol. The van der Waals surface area contributed by atoms with E-state index in [9.17, 15) is 0 Å². The summed E-state index contributed by atoms with van der Waals surface area (Å²) >= 11 is 0. The molecule has 1 atom stereocenters. The Morgan fingerprint density at radius 2 is 2.33 bits per heavy atom. The average molecular weight is 167 g/mol. The van der Waals surface area contributed by atoms with Gasteiger partial charge in [0.05, 0.1) is 5.69 Å². The number of hydrogen-bond acceptors (Lipinski definition) is 2. The molecular formula is C9H17N3. The summed E-state index contributed by atoms with van der Waals surface area (Å²) < 4.78 is 1.85. The van der Waals surface area contributed by atoms with Crippen LogP contribution in [0, 0.1) is 6.92 Å². The predicted molar refractivity (Wildman–Crippen MR) is 49.9 cm³/mol. The number of rotatable bonds is 3. The fourth-order valence-electron chi connectivity index (χ4n) is 1.28. The molecule has 0 aliphatic rings. The topological polar surface area (TPSA) is 43.8 Å². The summed E-state index contributed by atoms with van der Waals surface area (Å²) in [4.78, 5) is 0. The second-order valence-corrected chi connectivity index (χ2v) is 3.43. The van der Waals surface area contributed by atoms with Crippen LogP contribution >= 0.6 is 0 Å². The van der Waals surface area contributed by atoms with Crippen molar-refractivity contribution < 1.29 is 0 Å². The van der Waals surface area contributed by atoms with Gasteiger partial charge in [0.2, 0.25) is 0 Å². The molecule has 1 unspecified atom stereocenters. The van der Waals surface area contributed by atoms with E-state index >= 15 is 0 Å². The normalized spacial score (nSPS) is 13.3. The minimum absolute atomic E-state index is 0.282. The molecule has 0 bridgehead atoms. The molecule has 2 N–H and O–H groups in total. The molecular weight excluding hydrogens is 150 g/mol. The molecule has 1 aromatic heterocycles. The second-order valence-electron chi connectivity index (χ2n) is 3.43. The van der Waals surface area contributed by atoms with Crippen molar-refractivity contribution in [2.24, 2.45) is 12.8 Å². The summed E-state index contributed by atoms with van der Waals surface area (Å²) in [5, 5.41) is 4.26. The Kier molecular flexibility index (Phi) is 2.87. The van der Waals surface area contributed by atoms with Crippen molar-refractivity contribution in [3.05, 3.63) is 17.5 Å². The van der Waals surface area contributed by atoms with E-state index in [2.05, 4.69) is 11.3 Å². The van der Waals surface area contributed by atoms with Gasteiger partial charge in [0, 0.05) is 19.3 Å². The van der Waals surface area contributed by atoms with Gasteiger partial charge >= 0.3 is 0 Å². The van der Waals surface area contributed by atoms with Crippen molar-refractivity contribution in [3.63, 3.8) is 0 Å². The second kappa shape index (κ2) is 3.72. The maximum atomic E-state index is 5.67. The number of aryl methyl sites for hydroxylation is 3. The van der Waals surface area contributed by atoms with Gasteiger partial charge in [-0.15, -0.1) is 0 Å².